The zero-order chi connectivity index (χ0) is 12.8. The van der Waals surface area contributed by atoms with Crippen molar-refractivity contribution in [3.8, 4) is 0 Å². The van der Waals surface area contributed by atoms with Crippen molar-refractivity contribution in [2.24, 2.45) is 5.92 Å². The Balaban J connectivity index is 2.51. The largest absolute Gasteiger partial charge is 0.416 e. The molecular formula is C12H13F3. The Morgan fingerprint density at radius 2 is 2.07 bits per heavy atom. The molecule has 0 nitrogen and oxygen atoms in total. The molecule has 1 aliphatic rings. The first kappa shape index (κ1) is 8.20. The van der Waals surface area contributed by atoms with E-state index in [1.165, 1.54) is 6.07 Å². The van der Waals surface area contributed by atoms with Gasteiger partial charge in [0.2, 0.25) is 0 Å². The van der Waals surface area contributed by atoms with Crippen LogP contribution in [0.25, 0.3) is 0 Å². The van der Waals surface area contributed by atoms with Crippen LogP contribution in [0.1, 0.15) is 32.8 Å². The molecule has 1 atom stereocenters. The zero-order valence-corrected chi connectivity index (χ0v) is 8.36. The third-order valence-corrected chi connectivity index (χ3v) is 2.65. The van der Waals surface area contributed by atoms with Gasteiger partial charge in [-0.3, -0.25) is 0 Å². The molecule has 15 heavy (non-hydrogen) atoms. The number of aryl methyl sites for hydroxylation is 1. The highest BCUT2D eigenvalue weighted by Crippen LogP contribution is 2.33. The summed E-state index contributed by atoms with van der Waals surface area (Å²) in [5.74, 6) is 0.161. The van der Waals surface area contributed by atoms with Crippen molar-refractivity contribution in [2.75, 3.05) is 0 Å². The smallest absolute Gasteiger partial charge is 0.166 e. The molecule has 0 aromatic heterocycles. The van der Waals surface area contributed by atoms with Crippen LogP contribution in [0.3, 0.4) is 0 Å². The summed E-state index contributed by atoms with van der Waals surface area (Å²) >= 11 is 0. The van der Waals surface area contributed by atoms with Gasteiger partial charge in [0.25, 0.3) is 0 Å². The predicted molar refractivity (Wildman–Crippen MR) is 52.6 cm³/mol. The monoisotopic (exact) mass is 216 g/mol. The Morgan fingerprint density at radius 3 is 2.73 bits per heavy atom. The molecule has 0 fully saturated rings. The van der Waals surface area contributed by atoms with Crippen molar-refractivity contribution in [1.82, 2.24) is 0 Å². The highest BCUT2D eigenvalue weighted by Gasteiger charge is 2.31. The molecule has 1 aromatic carbocycles. The van der Waals surface area contributed by atoms with E-state index in [-0.39, 0.29) is 17.9 Å². The average molecular weight is 216 g/mol. The van der Waals surface area contributed by atoms with E-state index in [1.54, 1.807) is 0 Å². The predicted octanol–water partition coefficient (Wildman–Crippen LogP) is 3.83. The molecule has 2 rings (SSSR count). The molecule has 82 valence electrons. The van der Waals surface area contributed by atoms with Crippen LogP contribution in [0.4, 0.5) is 13.2 Å². The van der Waals surface area contributed by atoms with Crippen molar-refractivity contribution in [1.29, 1.82) is 0 Å². The summed E-state index contributed by atoms with van der Waals surface area (Å²) in [5, 5.41) is 0. The summed E-state index contributed by atoms with van der Waals surface area (Å²) in [5.41, 5.74) is 0.127. The maximum atomic E-state index is 12.6. The van der Waals surface area contributed by atoms with E-state index in [4.69, 9.17) is 2.74 Å². The van der Waals surface area contributed by atoms with Crippen LogP contribution >= 0.6 is 0 Å². The topological polar surface area (TPSA) is 0 Å². The molecule has 1 unspecified atom stereocenters. The van der Waals surface area contributed by atoms with Gasteiger partial charge in [0.15, 0.2) is 0 Å². The van der Waals surface area contributed by atoms with Crippen molar-refractivity contribution < 1.29 is 15.9 Å². The minimum atomic E-state index is -4.41. The van der Waals surface area contributed by atoms with Gasteiger partial charge < -0.3 is 0 Å². The molecular weight excluding hydrogens is 201 g/mol. The standard InChI is InChI=1S/C12H13F3/c1-8-2-3-10-7-11(12(13,14)15)5-4-9(10)6-8/h4-5,7-8H,2-3,6H2,1H3/i3D2. The molecule has 0 amide bonds. The average Bonchev–Trinajstić information content (AvgIpc) is 2.13. The van der Waals surface area contributed by atoms with Crippen LogP contribution in [0, 0.1) is 5.92 Å². The second kappa shape index (κ2) is 3.54. The summed E-state index contributed by atoms with van der Waals surface area (Å²) in [4.78, 5) is 0. The first-order valence-electron chi connectivity index (χ1n) is 5.91. The molecule has 3 heteroatoms. The van der Waals surface area contributed by atoms with Crippen LogP contribution in [-0.4, -0.2) is 0 Å². The lowest BCUT2D eigenvalue weighted by Gasteiger charge is -2.22. The summed E-state index contributed by atoms with van der Waals surface area (Å²) in [6, 6.07) is 3.40. The number of hydrogen-bond donors (Lipinski definition) is 0. The fourth-order valence-corrected chi connectivity index (χ4v) is 1.83. The van der Waals surface area contributed by atoms with Crippen LogP contribution in [-0.2, 0) is 19.0 Å². The van der Waals surface area contributed by atoms with E-state index >= 15 is 0 Å². The van der Waals surface area contributed by atoms with Crippen LogP contribution < -0.4 is 0 Å². The van der Waals surface area contributed by atoms with Gasteiger partial charge >= 0.3 is 6.18 Å². The lowest BCUT2D eigenvalue weighted by Crippen LogP contribution is -2.13. The molecule has 0 saturated heterocycles. The number of halogens is 3. The summed E-state index contributed by atoms with van der Waals surface area (Å²) in [6.07, 6.45) is -5.14. The number of fused-ring (bicyclic) bond motifs is 1. The van der Waals surface area contributed by atoms with Gasteiger partial charge in [0.05, 0.1) is 5.56 Å². The van der Waals surface area contributed by atoms with Gasteiger partial charge in [-0.1, -0.05) is 13.0 Å². The summed E-state index contributed by atoms with van der Waals surface area (Å²) < 4.78 is 53.4. The fourth-order valence-electron chi connectivity index (χ4n) is 1.83. The number of rotatable bonds is 0. The summed E-state index contributed by atoms with van der Waals surface area (Å²) in [7, 11) is 0. The quantitative estimate of drug-likeness (QED) is 0.618. The molecule has 0 radical (unpaired) electrons. The molecule has 0 saturated carbocycles. The Morgan fingerprint density at radius 1 is 1.33 bits per heavy atom. The van der Waals surface area contributed by atoms with Gasteiger partial charge in [0, 0.05) is 2.74 Å². The Bertz CT molecular complexity index is 438. The van der Waals surface area contributed by atoms with E-state index < -0.39 is 18.1 Å². The van der Waals surface area contributed by atoms with Crippen LogP contribution in [0.5, 0.6) is 0 Å². The minimum Gasteiger partial charge on any atom is -0.166 e. The van der Waals surface area contributed by atoms with Crippen molar-refractivity contribution in [3.63, 3.8) is 0 Å². The number of alkyl halides is 3. The van der Waals surface area contributed by atoms with Crippen LogP contribution in [0.2, 0.25) is 0 Å². The highest BCUT2D eigenvalue weighted by molar-refractivity contribution is 5.35. The maximum Gasteiger partial charge on any atom is 0.416 e. The van der Waals surface area contributed by atoms with Gasteiger partial charge in [0.1, 0.15) is 0 Å². The van der Waals surface area contributed by atoms with E-state index in [0.29, 0.717) is 12.0 Å². The Kier molecular flexibility index (Phi) is 1.94. The lowest BCUT2D eigenvalue weighted by molar-refractivity contribution is -0.137. The second-order valence-electron chi connectivity index (χ2n) is 4.06. The molecule has 1 aromatic rings. The first-order valence-corrected chi connectivity index (χ1v) is 4.91. The molecule has 0 spiro atoms. The van der Waals surface area contributed by atoms with E-state index in [1.807, 2.05) is 6.92 Å². The fraction of sp³-hybridized carbons (Fsp3) is 0.500. The Hall–Kier alpha value is -0.990. The molecule has 1 aliphatic carbocycles. The van der Waals surface area contributed by atoms with Crippen molar-refractivity contribution >= 4 is 0 Å². The second-order valence-corrected chi connectivity index (χ2v) is 4.06. The molecule has 0 N–H and O–H groups in total. The normalized spacial score (nSPS) is 26.5. The number of benzene rings is 1. The molecule has 0 bridgehead atoms. The van der Waals surface area contributed by atoms with Gasteiger partial charge in [-0.2, -0.15) is 13.2 Å². The highest BCUT2D eigenvalue weighted by atomic mass is 19.4. The van der Waals surface area contributed by atoms with Gasteiger partial charge in [-0.15, -0.1) is 0 Å². The lowest BCUT2D eigenvalue weighted by atomic mass is 9.84. The maximum absolute atomic E-state index is 12.6. The van der Waals surface area contributed by atoms with Gasteiger partial charge in [-0.25, -0.2) is 0 Å². The van der Waals surface area contributed by atoms with Gasteiger partial charge in [-0.05, 0) is 48.4 Å². The minimum absolute atomic E-state index is 0.161. The molecule has 0 heterocycles. The first-order chi connectivity index (χ1) is 7.70. The SMILES string of the molecule is [2H]C1([2H])CC(C)Cc2ccc(C(F)(F)F)cc21. The van der Waals surface area contributed by atoms with E-state index in [0.717, 1.165) is 12.1 Å². The van der Waals surface area contributed by atoms with Crippen LogP contribution in [0.15, 0.2) is 18.2 Å². The van der Waals surface area contributed by atoms with E-state index in [9.17, 15) is 13.2 Å². The number of hydrogen-bond acceptors (Lipinski definition) is 0. The molecule has 0 aliphatic heterocycles. The van der Waals surface area contributed by atoms with Crippen molar-refractivity contribution in [2.45, 2.75) is 32.3 Å². The van der Waals surface area contributed by atoms with E-state index in [2.05, 4.69) is 0 Å². The zero-order valence-electron chi connectivity index (χ0n) is 10.4. The summed E-state index contributed by atoms with van der Waals surface area (Å²) in [6.45, 7) is 1.92. The van der Waals surface area contributed by atoms with Crippen molar-refractivity contribution in [3.05, 3.63) is 34.9 Å². The third-order valence-electron chi connectivity index (χ3n) is 2.65. The Labute approximate surface area is 89.9 Å². The third kappa shape index (κ3) is 2.16.